The summed E-state index contributed by atoms with van der Waals surface area (Å²) >= 11 is 1.44. The highest BCUT2D eigenvalue weighted by molar-refractivity contribution is 7.10. The van der Waals surface area contributed by atoms with Crippen LogP contribution >= 0.6 is 11.3 Å². The molecule has 0 radical (unpaired) electrons. The van der Waals surface area contributed by atoms with Crippen molar-refractivity contribution in [2.75, 3.05) is 25.7 Å². The van der Waals surface area contributed by atoms with Crippen molar-refractivity contribution < 1.29 is 28.9 Å². The largest absolute Gasteiger partial charge is 0.507 e. The fraction of sp³-hybridized carbons (Fsp3) is 0.259. The molecule has 0 bridgehead atoms. The van der Waals surface area contributed by atoms with Crippen LogP contribution in [0.1, 0.15) is 34.0 Å². The maximum atomic E-state index is 13.4. The zero-order valence-electron chi connectivity index (χ0n) is 19.7. The summed E-state index contributed by atoms with van der Waals surface area (Å²) in [6, 6.07) is 11.6. The summed E-state index contributed by atoms with van der Waals surface area (Å²) in [4.78, 5) is 29.0. The molecule has 0 aliphatic carbocycles. The summed E-state index contributed by atoms with van der Waals surface area (Å²) in [5.41, 5.74) is 2.92. The molecule has 3 heterocycles. The molecule has 3 aromatic rings. The molecule has 8 heteroatoms. The van der Waals surface area contributed by atoms with Gasteiger partial charge in [0.2, 0.25) is 0 Å². The van der Waals surface area contributed by atoms with Crippen LogP contribution in [0, 0.1) is 6.92 Å². The van der Waals surface area contributed by atoms with E-state index in [-0.39, 0.29) is 11.3 Å². The standard InChI is InChI=1S/C27H25NO6S/c1-15-10-12-35-26(15)23-22(24(29)17-6-8-19-16(13-17)5-4-11-34-19)25(30)27(31)28(23)18-7-9-20(32-2)21(14-18)33-3/h6-10,12-14,23,29H,4-5,11H2,1-3H3/b24-22-. The Labute approximate surface area is 207 Å². The number of amides is 1. The number of aliphatic hydroxyl groups excluding tert-OH is 1. The third-order valence-corrected chi connectivity index (χ3v) is 7.49. The van der Waals surface area contributed by atoms with Crippen LogP contribution in [0.15, 0.2) is 53.4 Å². The van der Waals surface area contributed by atoms with Crippen LogP contribution in [0.25, 0.3) is 5.76 Å². The molecule has 7 nitrogen and oxygen atoms in total. The Hall–Kier alpha value is -3.78. The van der Waals surface area contributed by atoms with E-state index in [0.717, 1.165) is 34.6 Å². The number of methoxy groups -OCH3 is 2. The number of fused-ring (bicyclic) bond motifs is 1. The van der Waals surface area contributed by atoms with Crippen LogP contribution < -0.4 is 19.1 Å². The maximum Gasteiger partial charge on any atom is 0.300 e. The molecule has 1 unspecified atom stereocenters. The van der Waals surface area contributed by atoms with E-state index in [4.69, 9.17) is 14.2 Å². The van der Waals surface area contributed by atoms with Crippen molar-refractivity contribution in [1.29, 1.82) is 0 Å². The number of carbonyl (C=O) groups excluding carboxylic acids is 2. The number of ether oxygens (including phenoxy) is 3. The fourth-order valence-electron chi connectivity index (χ4n) is 4.65. The van der Waals surface area contributed by atoms with Gasteiger partial charge in [0.15, 0.2) is 11.5 Å². The number of hydrogen-bond donors (Lipinski definition) is 1. The van der Waals surface area contributed by atoms with E-state index in [2.05, 4.69) is 0 Å². The van der Waals surface area contributed by atoms with Gasteiger partial charge in [-0.05, 0) is 72.7 Å². The molecule has 1 saturated heterocycles. The first-order chi connectivity index (χ1) is 16.9. The number of Topliss-reactive ketones (excluding diaryl/α,β-unsaturated/α-hetero) is 1. The summed E-state index contributed by atoms with van der Waals surface area (Å²) < 4.78 is 16.4. The predicted octanol–water partition coefficient (Wildman–Crippen LogP) is 5.03. The SMILES string of the molecule is COc1ccc(N2C(=O)C(=O)/C(=C(\O)c3ccc4c(c3)CCCO4)C2c2sccc2C)cc1OC. The van der Waals surface area contributed by atoms with Crippen molar-refractivity contribution in [3.05, 3.63) is 75.0 Å². The third kappa shape index (κ3) is 3.83. The number of rotatable bonds is 5. The molecule has 0 saturated carbocycles. The van der Waals surface area contributed by atoms with E-state index in [1.165, 1.54) is 30.5 Å². The fourth-order valence-corrected chi connectivity index (χ4v) is 5.67. The molecule has 180 valence electrons. The molecule has 0 spiro atoms. The normalized spacial score (nSPS) is 18.8. The highest BCUT2D eigenvalue weighted by Gasteiger charge is 2.48. The molecule has 2 aliphatic heterocycles. The van der Waals surface area contributed by atoms with Crippen molar-refractivity contribution in [1.82, 2.24) is 0 Å². The van der Waals surface area contributed by atoms with Crippen LogP contribution in [0.5, 0.6) is 17.2 Å². The van der Waals surface area contributed by atoms with E-state index in [0.29, 0.717) is 29.4 Å². The Morgan fingerprint density at radius 3 is 2.60 bits per heavy atom. The van der Waals surface area contributed by atoms with Gasteiger partial charge in [-0.1, -0.05) is 0 Å². The number of benzene rings is 2. The van der Waals surface area contributed by atoms with Gasteiger partial charge in [0, 0.05) is 22.2 Å². The molecular weight excluding hydrogens is 466 g/mol. The Morgan fingerprint density at radius 2 is 1.89 bits per heavy atom. The highest BCUT2D eigenvalue weighted by atomic mass is 32.1. The first-order valence-corrected chi connectivity index (χ1v) is 12.2. The minimum absolute atomic E-state index is 0.0620. The quantitative estimate of drug-likeness (QED) is 0.306. The van der Waals surface area contributed by atoms with Crippen molar-refractivity contribution >= 4 is 34.5 Å². The number of carbonyl (C=O) groups is 2. The molecule has 35 heavy (non-hydrogen) atoms. The minimum Gasteiger partial charge on any atom is -0.507 e. The smallest absolute Gasteiger partial charge is 0.300 e. The lowest BCUT2D eigenvalue weighted by Gasteiger charge is -2.26. The van der Waals surface area contributed by atoms with Gasteiger partial charge >= 0.3 is 0 Å². The second-order valence-electron chi connectivity index (χ2n) is 8.45. The third-order valence-electron chi connectivity index (χ3n) is 6.42. The molecule has 2 aliphatic rings. The number of ketones is 1. The number of aryl methyl sites for hydroxylation is 2. The molecule has 1 amide bonds. The molecule has 1 N–H and O–H groups in total. The van der Waals surface area contributed by atoms with E-state index >= 15 is 0 Å². The van der Waals surface area contributed by atoms with Crippen molar-refractivity contribution in [3.63, 3.8) is 0 Å². The summed E-state index contributed by atoms with van der Waals surface area (Å²) in [6.07, 6.45) is 1.71. The van der Waals surface area contributed by atoms with Crippen molar-refractivity contribution in [3.8, 4) is 17.2 Å². The van der Waals surface area contributed by atoms with Crippen molar-refractivity contribution in [2.45, 2.75) is 25.8 Å². The van der Waals surface area contributed by atoms with E-state index in [1.54, 1.807) is 30.3 Å². The molecular formula is C27H25NO6S. The summed E-state index contributed by atoms with van der Waals surface area (Å²) in [5.74, 6) is 0.0832. The van der Waals surface area contributed by atoms with Crippen LogP contribution in [0.4, 0.5) is 5.69 Å². The zero-order valence-corrected chi connectivity index (χ0v) is 20.5. The van der Waals surface area contributed by atoms with E-state index in [1.807, 2.05) is 24.4 Å². The number of anilines is 1. The summed E-state index contributed by atoms with van der Waals surface area (Å²) in [7, 11) is 3.04. The van der Waals surface area contributed by atoms with Gasteiger partial charge in [-0.2, -0.15) is 0 Å². The van der Waals surface area contributed by atoms with Crippen LogP contribution in [-0.2, 0) is 16.0 Å². The first-order valence-electron chi connectivity index (χ1n) is 11.3. The number of thiophene rings is 1. The number of hydrogen-bond acceptors (Lipinski definition) is 7. The second kappa shape index (κ2) is 9.11. The Kier molecular flexibility index (Phi) is 5.98. The van der Waals surface area contributed by atoms with Crippen molar-refractivity contribution in [2.24, 2.45) is 0 Å². The second-order valence-corrected chi connectivity index (χ2v) is 9.40. The first kappa shape index (κ1) is 23.0. The maximum absolute atomic E-state index is 13.4. The van der Waals surface area contributed by atoms with Gasteiger partial charge in [-0.25, -0.2) is 0 Å². The minimum atomic E-state index is -0.777. The Morgan fingerprint density at radius 1 is 1.09 bits per heavy atom. The molecule has 2 aromatic carbocycles. The van der Waals surface area contributed by atoms with Crippen LogP contribution in [-0.4, -0.2) is 37.6 Å². The van der Waals surface area contributed by atoms with Gasteiger partial charge in [0.25, 0.3) is 11.7 Å². The number of nitrogens with zero attached hydrogens (tertiary/aromatic N) is 1. The molecule has 1 aromatic heterocycles. The lowest BCUT2D eigenvalue weighted by Crippen LogP contribution is -2.29. The zero-order chi connectivity index (χ0) is 24.7. The Bertz CT molecular complexity index is 1360. The van der Waals surface area contributed by atoms with Crippen LogP contribution in [0.3, 0.4) is 0 Å². The Balaban J connectivity index is 1.69. The van der Waals surface area contributed by atoms with Gasteiger partial charge in [0.05, 0.1) is 26.4 Å². The van der Waals surface area contributed by atoms with E-state index in [9.17, 15) is 14.7 Å². The lowest BCUT2D eigenvalue weighted by atomic mass is 9.96. The van der Waals surface area contributed by atoms with Gasteiger partial charge in [-0.3, -0.25) is 14.5 Å². The van der Waals surface area contributed by atoms with Gasteiger partial charge in [-0.15, -0.1) is 11.3 Å². The van der Waals surface area contributed by atoms with Gasteiger partial charge in [0.1, 0.15) is 17.6 Å². The van der Waals surface area contributed by atoms with E-state index < -0.39 is 17.7 Å². The number of aliphatic hydroxyl groups is 1. The molecule has 1 atom stereocenters. The van der Waals surface area contributed by atoms with Crippen LogP contribution in [0.2, 0.25) is 0 Å². The van der Waals surface area contributed by atoms with Gasteiger partial charge < -0.3 is 19.3 Å². The predicted molar refractivity (Wildman–Crippen MR) is 134 cm³/mol. The molecule has 5 rings (SSSR count). The topological polar surface area (TPSA) is 85.3 Å². The average Bonchev–Trinajstić information content (AvgIpc) is 3.42. The monoisotopic (exact) mass is 491 g/mol. The highest BCUT2D eigenvalue weighted by Crippen LogP contribution is 2.46. The summed E-state index contributed by atoms with van der Waals surface area (Å²) in [5, 5.41) is 13.3. The molecule has 1 fully saturated rings. The summed E-state index contributed by atoms with van der Waals surface area (Å²) in [6.45, 7) is 2.59. The lowest BCUT2D eigenvalue weighted by molar-refractivity contribution is -0.132. The average molecular weight is 492 g/mol.